The lowest BCUT2D eigenvalue weighted by Gasteiger charge is -2.40. The first-order valence-corrected chi connectivity index (χ1v) is 8.37. The quantitative estimate of drug-likeness (QED) is 0.836. The maximum Gasteiger partial charge on any atom is 0.0113 e. The Morgan fingerprint density at radius 1 is 1.09 bits per heavy atom. The van der Waals surface area contributed by atoms with Crippen molar-refractivity contribution in [2.24, 2.45) is 11.7 Å². The van der Waals surface area contributed by atoms with Crippen molar-refractivity contribution in [2.75, 3.05) is 27.2 Å². The number of rotatable bonds is 7. The van der Waals surface area contributed by atoms with Crippen LogP contribution in [0.15, 0.2) is 42.5 Å². The fourth-order valence-electron chi connectivity index (χ4n) is 3.41. The maximum atomic E-state index is 6.33. The van der Waals surface area contributed by atoms with Crippen LogP contribution in [-0.4, -0.2) is 32.1 Å². The van der Waals surface area contributed by atoms with Gasteiger partial charge in [-0.05, 0) is 49.3 Å². The molecule has 0 bridgehead atoms. The molecular formula is C20H30N2. The van der Waals surface area contributed by atoms with Crippen LogP contribution in [0, 0.1) is 5.92 Å². The zero-order valence-electron chi connectivity index (χ0n) is 14.5. The third-order valence-electron chi connectivity index (χ3n) is 5.25. The predicted molar refractivity (Wildman–Crippen MR) is 97.3 cm³/mol. The summed E-state index contributed by atoms with van der Waals surface area (Å²) in [6, 6.07) is 15.5. The van der Waals surface area contributed by atoms with Gasteiger partial charge in [-0.3, -0.25) is 0 Å². The number of nitrogens with zero attached hydrogens (tertiary/aromatic N) is 1. The Morgan fingerprint density at radius 3 is 2.36 bits per heavy atom. The molecule has 2 heteroatoms. The van der Waals surface area contributed by atoms with Crippen molar-refractivity contribution in [1.29, 1.82) is 0 Å². The fraction of sp³-hybridized carbons (Fsp3) is 0.500. The monoisotopic (exact) mass is 298 g/mol. The van der Waals surface area contributed by atoms with Crippen LogP contribution in [0.25, 0.3) is 10.8 Å². The third kappa shape index (κ3) is 3.34. The van der Waals surface area contributed by atoms with Crippen molar-refractivity contribution in [3.05, 3.63) is 48.0 Å². The van der Waals surface area contributed by atoms with Gasteiger partial charge in [-0.1, -0.05) is 62.7 Å². The van der Waals surface area contributed by atoms with Gasteiger partial charge in [0.2, 0.25) is 0 Å². The number of fused-ring (bicyclic) bond motifs is 1. The zero-order valence-corrected chi connectivity index (χ0v) is 14.5. The van der Waals surface area contributed by atoms with Crippen molar-refractivity contribution in [3.63, 3.8) is 0 Å². The fourth-order valence-corrected chi connectivity index (χ4v) is 3.41. The molecule has 0 unspecified atom stereocenters. The van der Waals surface area contributed by atoms with Gasteiger partial charge in [0.25, 0.3) is 0 Å². The standard InChI is InChI=1S/C20H30N2/c1-5-16(2)20(15-21,12-13-22(3)4)19-11-10-17-8-6-7-9-18(17)14-19/h6-11,14,16H,5,12-13,15,21H2,1-4H3/t16-,20-/m0/s1. The summed E-state index contributed by atoms with van der Waals surface area (Å²) in [6.07, 6.45) is 2.25. The van der Waals surface area contributed by atoms with Gasteiger partial charge in [0, 0.05) is 12.0 Å². The van der Waals surface area contributed by atoms with Crippen LogP contribution in [-0.2, 0) is 5.41 Å². The summed E-state index contributed by atoms with van der Waals surface area (Å²) in [5, 5.41) is 2.61. The summed E-state index contributed by atoms with van der Waals surface area (Å²) in [5.41, 5.74) is 7.78. The zero-order chi connectivity index (χ0) is 16.2. The molecule has 120 valence electrons. The molecular weight excluding hydrogens is 268 g/mol. The Bertz CT molecular complexity index is 605. The van der Waals surface area contributed by atoms with Crippen molar-refractivity contribution in [1.82, 2.24) is 4.90 Å². The molecule has 0 aliphatic heterocycles. The lowest BCUT2D eigenvalue weighted by molar-refractivity contribution is 0.235. The van der Waals surface area contributed by atoms with Crippen LogP contribution in [0.3, 0.4) is 0 Å². The number of hydrogen-bond acceptors (Lipinski definition) is 2. The van der Waals surface area contributed by atoms with Gasteiger partial charge in [-0.2, -0.15) is 0 Å². The molecule has 2 nitrogen and oxygen atoms in total. The molecule has 0 aliphatic carbocycles. The van der Waals surface area contributed by atoms with E-state index in [0.29, 0.717) is 12.5 Å². The predicted octanol–water partition coefficient (Wildman–Crippen LogP) is 4.03. The average Bonchev–Trinajstić information content (AvgIpc) is 2.55. The Labute approximate surface area is 135 Å². The number of nitrogens with two attached hydrogens (primary N) is 1. The van der Waals surface area contributed by atoms with Gasteiger partial charge in [-0.25, -0.2) is 0 Å². The van der Waals surface area contributed by atoms with E-state index in [4.69, 9.17) is 5.73 Å². The van der Waals surface area contributed by atoms with E-state index in [0.717, 1.165) is 19.4 Å². The molecule has 0 saturated carbocycles. The molecule has 2 atom stereocenters. The molecule has 2 rings (SSSR count). The average molecular weight is 298 g/mol. The second-order valence-corrected chi connectivity index (χ2v) is 6.78. The molecule has 0 spiro atoms. The van der Waals surface area contributed by atoms with Crippen LogP contribution in [0.2, 0.25) is 0 Å². The molecule has 0 amide bonds. The second-order valence-electron chi connectivity index (χ2n) is 6.78. The first-order chi connectivity index (χ1) is 10.5. The summed E-state index contributed by atoms with van der Waals surface area (Å²) in [4.78, 5) is 2.26. The minimum atomic E-state index is 0.0586. The minimum Gasteiger partial charge on any atom is -0.330 e. The Balaban J connectivity index is 2.48. The Kier molecular flexibility index (Phi) is 5.60. The Morgan fingerprint density at radius 2 is 1.77 bits per heavy atom. The molecule has 0 saturated heterocycles. The van der Waals surface area contributed by atoms with E-state index in [9.17, 15) is 0 Å². The first kappa shape index (κ1) is 17.0. The van der Waals surface area contributed by atoms with Gasteiger partial charge in [0.15, 0.2) is 0 Å². The molecule has 0 radical (unpaired) electrons. The van der Waals surface area contributed by atoms with E-state index in [1.54, 1.807) is 0 Å². The Hall–Kier alpha value is -1.38. The lowest BCUT2D eigenvalue weighted by atomic mass is 9.67. The van der Waals surface area contributed by atoms with E-state index in [1.807, 2.05) is 0 Å². The summed E-state index contributed by atoms with van der Waals surface area (Å²) >= 11 is 0. The van der Waals surface area contributed by atoms with E-state index in [2.05, 4.69) is 75.3 Å². The van der Waals surface area contributed by atoms with Crippen LogP contribution in [0.1, 0.15) is 32.3 Å². The largest absolute Gasteiger partial charge is 0.330 e. The summed E-state index contributed by atoms with van der Waals surface area (Å²) < 4.78 is 0. The SMILES string of the molecule is CC[C@H](C)[C@@](CN)(CCN(C)C)c1ccc2ccccc2c1. The maximum absolute atomic E-state index is 6.33. The molecule has 2 aromatic rings. The summed E-state index contributed by atoms with van der Waals surface area (Å²) in [6.45, 7) is 6.38. The van der Waals surface area contributed by atoms with Crippen molar-refractivity contribution < 1.29 is 0 Å². The molecule has 2 aromatic carbocycles. The van der Waals surface area contributed by atoms with Gasteiger partial charge >= 0.3 is 0 Å². The summed E-state index contributed by atoms with van der Waals surface area (Å²) in [7, 11) is 4.27. The first-order valence-electron chi connectivity index (χ1n) is 8.37. The minimum absolute atomic E-state index is 0.0586. The van der Waals surface area contributed by atoms with E-state index < -0.39 is 0 Å². The highest BCUT2D eigenvalue weighted by atomic mass is 15.0. The lowest BCUT2D eigenvalue weighted by Crippen LogP contribution is -2.43. The van der Waals surface area contributed by atoms with E-state index in [1.165, 1.54) is 16.3 Å². The topological polar surface area (TPSA) is 29.3 Å². The molecule has 22 heavy (non-hydrogen) atoms. The second kappa shape index (κ2) is 7.26. The summed E-state index contributed by atoms with van der Waals surface area (Å²) in [5.74, 6) is 0.568. The van der Waals surface area contributed by atoms with Crippen LogP contribution >= 0.6 is 0 Å². The van der Waals surface area contributed by atoms with Gasteiger partial charge in [-0.15, -0.1) is 0 Å². The van der Waals surface area contributed by atoms with Crippen molar-refractivity contribution in [3.8, 4) is 0 Å². The van der Waals surface area contributed by atoms with Crippen LogP contribution in [0.4, 0.5) is 0 Å². The van der Waals surface area contributed by atoms with E-state index >= 15 is 0 Å². The highest BCUT2D eigenvalue weighted by Crippen LogP contribution is 2.38. The van der Waals surface area contributed by atoms with Crippen LogP contribution < -0.4 is 5.73 Å². The van der Waals surface area contributed by atoms with Gasteiger partial charge < -0.3 is 10.6 Å². The van der Waals surface area contributed by atoms with Crippen molar-refractivity contribution in [2.45, 2.75) is 32.1 Å². The van der Waals surface area contributed by atoms with Gasteiger partial charge in [0.1, 0.15) is 0 Å². The van der Waals surface area contributed by atoms with Crippen LogP contribution in [0.5, 0.6) is 0 Å². The van der Waals surface area contributed by atoms with E-state index in [-0.39, 0.29) is 5.41 Å². The smallest absolute Gasteiger partial charge is 0.0113 e. The highest BCUT2D eigenvalue weighted by Gasteiger charge is 2.35. The van der Waals surface area contributed by atoms with Crippen molar-refractivity contribution >= 4 is 10.8 Å². The third-order valence-corrected chi connectivity index (χ3v) is 5.25. The number of hydrogen-bond donors (Lipinski definition) is 1. The van der Waals surface area contributed by atoms with Gasteiger partial charge in [0.05, 0.1) is 0 Å². The molecule has 0 aliphatic rings. The number of benzene rings is 2. The molecule has 0 heterocycles. The molecule has 0 aromatic heterocycles. The molecule has 0 fully saturated rings. The highest BCUT2D eigenvalue weighted by molar-refractivity contribution is 5.83. The molecule has 2 N–H and O–H groups in total. The normalized spacial score (nSPS) is 15.9.